The summed E-state index contributed by atoms with van der Waals surface area (Å²) in [5.74, 6) is -0.932. The fraction of sp³-hybridized carbons (Fsp3) is 0.176. The van der Waals surface area contributed by atoms with Crippen molar-refractivity contribution in [2.75, 3.05) is 0 Å². The fourth-order valence-electron chi connectivity index (χ4n) is 2.29. The molecule has 6 nitrogen and oxygen atoms in total. The standard InChI is InChI=1S/C17H12F4N4O2S/c18-11-5-3-10(4-6-11)8-22-14(26)15-24-23-13(28-15)9-25-7-1-2-12(16(25)27)17(19,20)21/h1-7H,8-9H2,(H,22,26). The molecule has 11 heteroatoms. The summed E-state index contributed by atoms with van der Waals surface area (Å²) in [6.45, 7) is -0.104. The van der Waals surface area contributed by atoms with Crippen molar-refractivity contribution in [1.82, 2.24) is 20.1 Å². The average molecular weight is 412 g/mol. The van der Waals surface area contributed by atoms with E-state index in [1.165, 1.54) is 30.5 Å². The number of aromatic nitrogens is 3. The molecule has 0 aliphatic rings. The summed E-state index contributed by atoms with van der Waals surface area (Å²) in [5.41, 5.74) is -1.81. The first-order valence-corrected chi connectivity index (χ1v) is 8.67. The average Bonchev–Trinajstić information content (AvgIpc) is 3.10. The lowest BCUT2D eigenvalue weighted by atomic mass is 10.2. The van der Waals surface area contributed by atoms with Crippen molar-refractivity contribution in [3.63, 3.8) is 0 Å². The number of nitrogens with one attached hydrogen (secondary N) is 1. The molecule has 0 aliphatic carbocycles. The maximum atomic E-state index is 12.9. The zero-order chi connectivity index (χ0) is 20.3. The molecule has 3 rings (SSSR count). The second-order valence-corrected chi connectivity index (χ2v) is 6.72. The Hall–Kier alpha value is -3.08. The number of pyridine rings is 1. The summed E-state index contributed by atoms with van der Waals surface area (Å²) in [7, 11) is 0. The largest absolute Gasteiger partial charge is 0.421 e. The van der Waals surface area contributed by atoms with Gasteiger partial charge in [-0.25, -0.2) is 4.39 Å². The summed E-state index contributed by atoms with van der Waals surface area (Å²) in [4.78, 5) is 24.0. The van der Waals surface area contributed by atoms with Crippen molar-refractivity contribution in [1.29, 1.82) is 0 Å². The van der Waals surface area contributed by atoms with E-state index in [-0.39, 0.29) is 23.1 Å². The van der Waals surface area contributed by atoms with Crippen LogP contribution in [0.3, 0.4) is 0 Å². The van der Waals surface area contributed by atoms with Crippen LogP contribution in [0.15, 0.2) is 47.4 Å². The Morgan fingerprint density at radius 3 is 2.54 bits per heavy atom. The SMILES string of the molecule is O=C(NCc1ccc(F)cc1)c1nnc(Cn2cccc(C(F)(F)F)c2=O)s1. The van der Waals surface area contributed by atoms with Crippen LogP contribution in [0, 0.1) is 5.82 Å². The molecular formula is C17H12F4N4O2S. The first kappa shape index (κ1) is 19.7. The summed E-state index contributed by atoms with van der Waals surface area (Å²) in [6, 6.07) is 7.37. The van der Waals surface area contributed by atoms with Gasteiger partial charge in [-0.2, -0.15) is 13.2 Å². The van der Waals surface area contributed by atoms with Crippen molar-refractivity contribution in [2.45, 2.75) is 19.3 Å². The topological polar surface area (TPSA) is 76.9 Å². The number of hydrogen-bond donors (Lipinski definition) is 1. The summed E-state index contributed by atoms with van der Waals surface area (Å²) >= 11 is 0.860. The van der Waals surface area contributed by atoms with Crippen LogP contribution in [0.1, 0.15) is 25.9 Å². The molecule has 0 saturated heterocycles. The highest BCUT2D eigenvalue weighted by Gasteiger charge is 2.34. The lowest BCUT2D eigenvalue weighted by molar-refractivity contribution is -0.138. The molecule has 1 aromatic carbocycles. The molecule has 2 heterocycles. The fourth-order valence-corrected chi connectivity index (χ4v) is 3.05. The minimum absolute atomic E-state index is 0.00265. The van der Waals surface area contributed by atoms with Gasteiger partial charge in [0.25, 0.3) is 11.5 Å². The van der Waals surface area contributed by atoms with E-state index in [1.807, 2.05) is 0 Å². The number of hydrogen-bond acceptors (Lipinski definition) is 5. The van der Waals surface area contributed by atoms with Gasteiger partial charge in [-0.15, -0.1) is 10.2 Å². The van der Waals surface area contributed by atoms with Gasteiger partial charge in [-0.1, -0.05) is 23.5 Å². The van der Waals surface area contributed by atoms with Gasteiger partial charge in [0.2, 0.25) is 5.01 Å². The van der Waals surface area contributed by atoms with Crippen LogP contribution in [-0.4, -0.2) is 20.7 Å². The molecule has 0 unspecified atom stereocenters. The van der Waals surface area contributed by atoms with Gasteiger partial charge >= 0.3 is 6.18 Å². The van der Waals surface area contributed by atoms with E-state index in [0.717, 1.165) is 22.0 Å². The Morgan fingerprint density at radius 2 is 1.86 bits per heavy atom. The third kappa shape index (κ3) is 4.60. The van der Waals surface area contributed by atoms with Crippen molar-refractivity contribution >= 4 is 17.2 Å². The Kier molecular flexibility index (Phi) is 5.54. The molecule has 1 amide bonds. The lowest BCUT2D eigenvalue weighted by Crippen LogP contribution is -2.28. The second kappa shape index (κ2) is 7.89. The van der Waals surface area contributed by atoms with Crippen LogP contribution in [0.4, 0.5) is 17.6 Å². The first-order valence-electron chi connectivity index (χ1n) is 7.86. The monoisotopic (exact) mass is 412 g/mol. The Balaban J connectivity index is 1.68. The minimum Gasteiger partial charge on any atom is -0.346 e. The van der Waals surface area contributed by atoms with E-state index in [4.69, 9.17) is 0 Å². The molecule has 0 bridgehead atoms. The van der Waals surface area contributed by atoms with Crippen molar-refractivity contribution < 1.29 is 22.4 Å². The summed E-state index contributed by atoms with van der Waals surface area (Å²) < 4.78 is 52.1. The molecule has 0 fully saturated rings. The number of alkyl halides is 3. The van der Waals surface area contributed by atoms with Gasteiger partial charge in [0.15, 0.2) is 0 Å². The Bertz CT molecular complexity index is 1040. The molecule has 0 saturated carbocycles. The van der Waals surface area contributed by atoms with Crippen LogP contribution < -0.4 is 10.9 Å². The Labute approximate surface area is 159 Å². The van der Waals surface area contributed by atoms with Crippen LogP contribution in [-0.2, 0) is 19.3 Å². The van der Waals surface area contributed by atoms with Crippen molar-refractivity contribution in [3.05, 3.63) is 79.9 Å². The number of amides is 1. The van der Waals surface area contributed by atoms with Crippen LogP contribution in [0.5, 0.6) is 0 Å². The minimum atomic E-state index is -4.76. The van der Waals surface area contributed by atoms with Gasteiger partial charge in [0.1, 0.15) is 16.4 Å². The number of carbonyl (C=O) groups is 1. The highest BCUT2D eigenvalue weighted by molar-refractivity contribution is 7.13. The molecule has 28 heavy (non-hydrogen) atoms. The molecule has 2 aromatic heterocycles. The van der Waals surface area contributed by atoms with Gasteiger partial charge in [0.05, 0.1) is 6.54 Å². The van der Waals surface area contributed by atoms with E-state index in [1.54, 1.807) is 0 Å². The van der Waals surface area contributed by atoms with E-state index in [2.05, 4.69) is 15.5 Å². The number of halogens is 4. The molecule has 0 radical (unpaired) electrons. The van der Waals surface area contributed by atoms with E-state index < -0.39 is 29.0 Å². The molecule has 0 spiro atoms. The van der Waals surface area contributed by atoms with Gasteiger partial charge < -0.3 is 9.88 Å². The smallest absolute Gasteiger partial charge is 0.346 e. The van der Waals surface area contributed by atoms with Gasteiger partial charge in [-0.05, 0) is 29.8 Å². The maximum Gasteiger partial charge on any atom is 0.421 e. The van der Waals surface area contributed by atoms with Gasteiger partial charge in [-0.3, -0.25) is 9.59 Å². The second-order valence-electron chi connectivity index (χ2n) is 5.66. The molecule has 3 aromatic rings. The van der Waals surface area contributed by atoms with E-state index >= 15 is 0 Å². The van der Waals surface area contributed by atoms with Crippen LogP contribution in [0.2, 0.25) is 0 Å². The van der Waals surface area contributed by atoms with Crippen LogP contribution >= 0.6 is 11.3 Å². The molecular weight excluding hydrogens is 400 g/mol. The molecule has 0 atom stereocenters. The maximum absolute atomic E-state index is 12.9. The predicted octanol–water partition coefficient (Wildman–Crippen LogP) is 2.84. The predicted molar refractivity (Wildman–Crippen MR) is 92.3 cm³/mol. The normalized spacial score (nSPS) is 11.4. The lowest BCUT2D eigenvalue weighted by Gasteiger charge is -2.08. The van der Waals surface area contributed by atoms with Crippen molar-refractivity contribution in [3.8, 4) is 0 Å². The molecule has 0 aliphatic heterocycles. The van der Waals surface area contributed by atoms with Crippen molar-refractivity contribution in [2.24, 2.45) is 0 Å². The highest BCUT2D eigenvalue weighted by atomic mass is 32.1. The van der Waals surface area contributed by atoms with E-state index in [0.29, 0.717) is 11.6 Å². The summed E-state index contributed by atoms with van der Waals surface area (Å²) in [6.07, 6.45) is -3.56. The van der Waals surface area contributed by atoms with Crippen LogP contribution in [0.25, 0.3) is 0 Å². The van der Waals surface area contributed by atoms with E-state index in [9.17, 15) is 27.2 Å². The molecule has 1 N–H and O–H groups in total. The first-order chi connectivity index (χ1) is 13.2. The quantitative estimate of drug-likeness (QED) is 0.654. The number of carbonyl (C=O) groups excluding carboxylic acids is 1. The number of nitrogens with zero attached hydrogens (tertiary/aromatic N) is 3. The zero-order valence-corrected chi connectivity index (χ0v) is 14.9. The third-order valence-electron chi connectivity index (χ3n) is 3.66. The zero-order valence-electron chi connectivity index (χ0n) is 14.0. The summed E-state index contributed by atoms with van der Waals surface area (Å²) in [5, 5.41) is 10.2. The molecule has 146 valence electrons. The number of benzene rings is 1. The van der Waals surface area contributed by atoms with Gasteiger partial charge in [0, 0.05) is 12.7 Å². The Morgan fingerprint density at radius 1 is 1.14 bits per heavy atom. The highest BCUT2D eigenvalue weighted by Crippen LogP contribution is 2.26. The number of rotatable bonds is 5. The third-order valence-corrected chi connectivity index (χ3v) is 4.57.